The third kappa shape index (κ3) is 4.93. The first kappa shape index (κ1) is 19.9. The molecule has 3 aromatic rings. The number of hydrogen-bond donors (Lipinski definition) is 2. The smallest absolute Gasteiger partial charge is 0.259 e. The highest BCUT2D eigenvalue weighted by Gasteiger charge is 2.16. The summed E-state index contributed by atoms with van der Waals surface area (Å²) in [6.45, 7) is 2.48. The van der Waals surface area contributed by atoms with Crippen LogP contribution >= 0.6 is 0 Å². The van der Waals surface area contributed by atoms with Gasteiger partial charge in [0.2, 0.25) is 0 Å². The molecule has 6 nitrogen and oxygen atoms in total. The lowest BCUT2D eigenvalue weighted by atomic mass is 10.1. The third-order valence-corrected chi connectivity index (χ3v) is 4.19. The van der Waals surface area contributed by atoms with E-state index in [0.717, 1.165) is 5.75 Å². The van der Waals surface area contributed by atoms with Gasteiger partial charge in [-0.3, -0.25) is 9.59 Å². The van der Waals surface area contributed by atoms with Gasteiger partial charge in [0.15, 0.2) is 0 Å². The average Bonchev–Trinajstić information content (AvgIpc) is 2.75. The highest BCUT2D eigenvalue weighted by atomic mass is 16.5. The van der Waals surface area contributed by atoms with Crippen LogP contribution in [-0.4, -0.2) is 25.5 Å². The Labute approximate surface area is 169 Å². The van der Waals surface area contributed by atoms with Crippen molar-refractivity contribution in [1.82, 2.24) is 0 Å². The second-order valence-corrected chi connectivity index (χ2v) is 6.11. The minimum atomic E-state index is -0.358. The number of ether oxygens (including phenoxy) is 2. The number of amides is 2. The fourth-order valence-electron chi connectivity index (χ4n) is 2.81. The minimum Gasteiger partial charge on any atom is -0.496 e. The maximum atomic E-state index is 12.8. The van der Waals surface area contributed by atoms with Gasteiger partial charge in [-0.1, -0.05) is 24.3 Å². The molecular formula is C23H22N2O4. The molecule has 6 heteroatoms. The molecule has 148 valence electrons. The third-order valence-electron chi connectivity index (χ3n) is 4.19. The van der Waals surface area contributed by atoms with Gasteiger partial charge in [-0.25, -0.2) is 0 Å². The number of rotatable bonds is 7. The zero-order chi connectivity index (χ0) is 20.6. The van der Waals surface area contributed by atoms with E-state index in [0.29, 0.717) is 34.9 Å². The van der Waals surface area contributed by atoms with Crippen molar-refractivity contribution in [2.75, 3.05) is 24.4 Å². The summed E-state index contributed by atoms with van der Waals surface area (Å²) < 4.78 is 10.6. The molecule has 0 aliphatic carbocycles. The zero-order valence-corrected chi connectivity index (χ0v) is 16.3. The Morgan fingerprint density at radius 1 is 0.793 bits per heavy atom. The van der Waals surface area contributed by atoms with E-state index in [1.165, 1.54) is 7.11 Å². The van der Waals surface area contributed by atoms with Crippen molar-refractivity contribution in [1.29, 1.82) is 0 Å². The van der Waals surface area contributed by atoms with E-state index in [4.69, 9.17) is 9.47 Å². The highest BCUT2D eigenvalue weighted by molar-refractivity contribution is 6.13. The molecule has 2 amide bonds. The summed E-state index contributed by atoms with van der Waals surface area (Å²) >= 11 is 0. The van der Waals surface area contributed by atoms with E-state index in [9.17, 15) is 9.59 Å². The molecule has 0 radical (unpaired) electrons. The Balaban J connectivity index is 1.77. The van der Waals surface area contributed by atoms with Gasteiger partial charge in [0.1, 0.15) is 11.5 Å². The van der Waals surface area contributed by atoms with Gasteiger partial charge >= 0.3 is 0 Å². The summed E-state index contributed by atoms with van der Waals surface area (Å²) in [6, 6.07) is 20.8. The SMILES string of the molecule is CCOc1ccc(NC(=O)c2ccccc2NC(=O)c2ccccc2OC)cc1. The molecule has 3 aromatic carbocycles. The second-order valence-electron chi connectivity index (χ2n) is 6.11. The van der Waals surface area contributed by atoms with Crippen LogP contribution in [0.15, 0.2) is 72.8 Å². The molecular weight excluding hydrogens is 368 g/mol. The van der Waals surface area contributed by atoms with E-state index in [-0.39, 0.29) is 11.8 Å². The number of nitrogens with one attached hydrogen (secondary N) is 2. The van der Waals surface area contributed by atoms with E-state index in [1.54, 1.807) is 72.8 Å². The van der Waals surface area contributed by atoms with E-state index < -0.39 is 0 Å². The van der Waals surface area contributed by atoms with Gasteiger partial charge in [0, 0.05) is 5.69 Å². The molecule has 2 N–H and O–H groups in total. The Bertz CT molecular complexity index is 1000. The summed E-state index contributed by atoms with van der Waals surface area (Å²) in [4.78, 5) is 25.5. The van der Waals surface area contributed by atoms with E-state index >= 15 is 0 Å². The van der Waals surface area contributed by atoms with Gasteiger partial charge in [-0.05, 0) is 55.5 Å². The number of benzene rings is 3. The molecule has 0 atom stereocenters. The fraction of sp³-hybridized carbons (Fsp3) is 0.130. The van der Waals surface area contributed by atoms with E-state index in [2.05, 4.69) is 10.6 Å². The first-order valence-electron chi connectivity index (χ1n) is 9.20. The first-order chi connectivity index (χ1) is 14.1. The van der Waals surface area contributed by atoms with Crippen LogP contribution in [0.2, 0.25) is 0 Å². The zero-order valence-electron chi connectivity index (χ0n) is 16.3. The van der Waals surface area contributed by atoms with Crippen LogP contribution in [0, 0.1) is 0 Å². The lowest BCUT2D eigenvalue weighted by Gasteiger charge is -2.13. The van der Waals surface area contributed by atoms with E-state index in [1.807, 2.05) is 6.92 Å². The summed E-state index contributed by atoms with van der Waals surface area (Å²) in [5, 5.41) is 5.63. The molecule has 0 saturated heterocycles. The first-order valence-corrected chi connectivity index (χ1v) is 9.20. The van der Waals surface area contributed by atoms with Crippen molar-refractivity contribution in [3.05, 3.63) is 83.9 Å². The number of para-hydroxylation sites is 2. The van der Waals surface area contributed by atoms with Gasteiger partial charge < -0.3 is 20.1 Å². The predicted octanol–water partition coefficient (Wildman–Crippen LogP) is 4.60. The van der Waals surface area contributed by atoms with Crippen LogP contribution in [0.3, 0.4) is 0 Å². The van der Waals surface area contributed by atoms with Crippen LogP contribution in [0.4, 0.5) is 11.4 Å². The lowest BCUT2D eigenvalue weighted by molar-refractivity contribution is 0.102. The monoisotopic (exact) mass is 390 g/mol. The van der Waals surface area contributed by atoms with Crippen LogP contribution in [0.25, 0.3) is 0 Å². The number of hydrogen-bond acceptors (Lipinski definition) is 4. The molecule has 0 saturated carbocycles. The molecule has 0 spiro atoms. The quantitative estimate of drug-likeness (QED) is 0.618. The minimum absolute atomic E-state index is 0.329. The van der Waals surface area contributed by atoms with Crippen molar-refractivity contribution in [3.8, 4) is 11.5 Å². The van der Waals surface area contributed by atoms with Crippen LogP contribution in [0.5, 0.6) is 11.5 Å². The van der Waals surface area contributed by atoms with Gasteiger partial charge in [0.25, 0.3) is 11.8 Å². The molecule has 0 unspecified atom stereocenters. The van der Waals surface area contributed by atoms with Crippen LogP contribution in [0.1, 0.15) is 27.6 Å². The summed E-state index contributed by atoms with van der Waals surface area (Å²) in [5.41, 5.74) is 1.78. The van der Waals surface area contributed by atoms with Crippen molar-refractivity contribution in [2.24, 2.45) is 0 Å². The second kappa shape index (κ2) is 9.41. The Morgan fingerprint density at radius 2 is 1.41 bits per heavy atom. The summed E-state index contributed by atoms with van der Waals surface area (Å²) in [5.74, 6) is 0.505. The molecule has 0 heterocycles. The van der Waals surface area contributed by atoms with Crippen LogP contribution < -0.4 is 20.1 Å². The largest absolute Gasteiger partial charge is 0.496 e. The van der Waals surface area contributed by atoms with Crippen molar-refractivity contribution in [2.45, 2.75) is 6.92 Å². The summed E-state index contributed by atoms with van der Waals surface area (Å²) in [6.07, 6.45) is 0. The molecule has 3 rings (SSSR count). The van der Waals surface area contributed by atoms with Gasteiger partial charge in [0.05, 0.1) is 30.5 Å². The number of anilines is 2. The Kier molecular flexibility index (Phi) is 6.47. The van der Waals surface area contributed by atoms with Crippen molar-refractivity contribution < 1.29 is 19.1 Å². The lowest BCUT2D eigenvalue weighted by Crippen LogP contribution is -2.18. The van der Waals surface area contributed by atoms with Gasteiger partial charge in [-0.2, -0.15) is 0 Å². The molecule has 0 aromatic heterocycles. The number of carbonyl (C=O) groups excluding carboxylic acids is 2. The fourth-order valence-corrected chi connectivity index (χ4v) is 2.81. The van der Waals surface area contributed by atoms with Crippen molar-refractivity contribution >= 4 is 23.2 Å². The molecule has 0 aliphatic rings. The number of carbonyl (C=O) groups is 2. The Morgan fingerprint density at radius 3 is 2.10 bits per heavy atom. The van der Waals surface area contributed by atoms with Crippen molar-refractivity contribution in [3.63, 3.8) is 0 Å². The Hall–Kier alpha value is -3.80. The molecule has 0 aliphatic heterocycles. The average molecular weight is 390 g/mol. The number of methoxy groups -OCH3 is 1. The maximum absolute atomic E-state index is 12.8. The molecule has 0 fully saturated rings. The van der Waals surface area contributed by atoms with Gasteiger partial charge in [-0.15, -0.1) is 0 Å². The normalized spacial score (nSPS) is 10.1. The topological polar surface area (TPSA) is 76.7 Å². The molecule has 29 heavy (non-hydrogen) atoms. The standard InChI is InChI=1S/C23H22N2O4/c1-3-29-17-14-12-16(13-15-17)24-22(26)18-8-4-6-10-20(18)25-23(27)19-9-5-7-11-21(19)28-2/h4-15H,3H2,1-2H3,(H,24,26)(H,25,27). The summed E-state index contributed by atoms with van der Waals surface area (Å²) in [7, 11) is 1.50. The van der Waals surface area contributed by atoms with Crippen LogP contribution in [-0.2, 0) is 0 Å². The molecule has 0 bridgehead atoms. The highest BCUT2D eigenvalue weighted by Crippen LogP contribution is 2.22. The predicted molar refractivity (Wildman–Crippen MR) is 113 cm³/mol. The maximum Gasteiger partial charge on any atom is 0.259 e.